The van der Waals surface area contributed by atoms with Crippen LogP contribution in [0.15, 0.2) is 48.8 Å². The van der Waals surface area contributed by atoms with Crippen LogP contribution in [0, 0.1) is 0 Å². The van der Waals surface area contributed by atoms with Crippen molar-refractivity contribution in [2.24, 2.45) is 0 Å². The second kappa shape index (κ2) is 5.11. The van der Waals surface area contributed by atoms with E-state index in [1.165, 1.54) is 4.90 Å². The van der Waals surface area contributed by atoms with Gasteiger partial charge in [0.1, 0.15) is 0 Å². The van der Waals surface area contributed by atoms with Gasteiger partial charge in [0.25, 0.3) is 5.91 Å². The van der Waals surface area contributed by atoms with Crippen LogP contribution >= 0.6 is 0 Å². The number of aliphatic hydroxyl groups is 2. The minimum atomic E-state index is -0.855. The molecule has 0 bridgehead atoms. The summed E-state index contributed by atoms with van der Waals surface area (Å²) in [5, 5.41) is 19.0. The van der Waals surface area contributed by atoms with Crippen LogP contribution in [0.5, 0.6) is 0 Å². The van der Waals surface area contributed by atoms with Crippen molar-refractivity contribution in [3.8, 4) is 5.69 Å². The number of nitrogens with zero attached hydrogens (tertiary/aromatic N) is 2. The maximum absolute atomic E-state index is 12.4. The van der Waals surface area contributed by atoms with E-state index in [0.29, 0.717) is 5.56 Å². The summed E-state index contributed by atoms with van der Waals surface area (Å²) in [5.41, 5.74) is 1.46. The number of aromatic nitrogens is 1. The molecule has 0 aliphatic carbocycles. The summed E-state index contributed by atoms with van der Waals surface area (Å²) >= 11 is 0. The topological polar surface area (TPSA) is 65.7 Å². The Morgan fingerprint density at radius 3 is 2.35 bits per heavy atom. The fourth-order valence-electron chi connectivity index (χ4n) is 2.42. The molecule has 0 saturated carbocycles. The first-order valence-corrected chi connectivity index (χ1v) is 6.54. The predicted molar refractivity (Wildman–Crippen MR) is 73.7 cm³/mol. The highest BCUT2D eigenvalue weighted by atomic mass is 16.3. The van der Waals surface area contributed by atoms with Gasteiger partial charge >= 0.3 is 0 Å². The van der Waals surface area contributed by atoms with Crippen LogP contribution in [0.3, 0.4) is 0 Å². The molecule has 0 radical (unpaired) electrons. The van der Waals surface area contributed by atoms with Gasteiger partial charge in [-0.25, -0.2) is 0 Å². The van der Waals surface area contributed by atoms with E-state index >= 15 is 0 Å². The number of amides is 1. The summed E-state index contributed by atoms with van der Waals surface area (Å²) in [7, 11) is 0. The Labute approximate surface area is 116 Å². The fraction of sp³-hybridized carbons (Fsp3) is 0.267. The molecule has 2 atom stereocenters. The molecule has 0 spiro atoms. The lowest BCUT2D eigenvalue weighted by Gasteiger charge is -2.16. The van der Waals surface area contributed by atoms with Crippen molar-refractivity contribution in [1.29, 1.82) is 0 Å². The van der Waals surface area contributed by atoms with Crippen LogP contribution < -0.4 is 0 Å². The number of hydrogen-bond donors (Lipinski definition) is 2. The summed E-state index contributed by atoms with van der Waals surface area (Å²) in [5.74, 6) is -0.172. The number of carbonyl (C=O) groups is 1. The van der Waals surface area contributed by atoms with Crippen molar-refractivity contribution in [1.82, 2.24) is 9.47 Å². The monoisotopic (exact) mass is 272 g/mol. The molecule has 1 aromatic heterocycles. The quantitative estimate of drug-likeness (QED) is 0.844. The summed E-state index contributed by atoms with van der Waals surface area (Å²) in [6, 6.07) is 11.1. The Morgan fingerprint density at radius 1 is 1.05 bits per heavy atom. The first-order chi connectivity index (χ1) is 9.65. The first-order valence-electron chi connectivity index (χ1n) is 6.54. The third-order valence-electron chi connectivity index (χ3n) is 3.54. The summed E-state index contributed by atoms with van der Waals surface area (Å²) in [4.78, 5) is 13.8. The molecule has 20 heavy (non-hydrogen) atoms. The average molecular weight is 272 g/mol. The van der Waals surface area contributed by atoms with E-state index in [1.807, 2.05) is 41.2 Å². The molecular formula is C15H16N2O3. The number of rotatable bonds is 2. The van der Waals surface area contributed by atoms with Gasteiger partial charge in [-0.1, -0.05) is 6.07 Å². The molecule has 2 heterocycles. The highest BCUT2D eigenvalue weighted by Crippen LogP contribution is 2.17. The minimum Gasteiger partial charge on any atom is -0.388 e. The molecule has 1 aromatic carbocycles. The van der Waals surface area contributed by atoms with Crippen molar-refractivity contribution in [3.63, 3.8) is 0 Å². The zero-order valence-electron chi connectivity index (χ0n) is 10.9. The first kappa shape index (κ1) is 12.9. The third kappa shape index (κ3) is 2.33. The van der Waals surface area contributed by atoms with Crippen LogP contribution in [-0.4, -0.2) is 50.9 Å². The lowest BCUT2D eigenvalue weighted by atomic mass is 10.1. The molecule has 3 rings (SSSR count). The van der Waals surface area contributed by atoms with E-state index < -0.39 is 12.2 Å². The largest absolute Gasteiger partial charge is 0.388 e. The maximum atomic E-state index is 12.4. The van der Waals surface area contributed by atoms with Crippen molar-refractivity contribution < 1.29 is 15.0 Å². The van der Waals surface area contributed by atoms with E-state index in [0.717, 1.165) is 5.69 Å². The fourth-order valence-corrected chi connectivity index (χ4v) is 2.42. The van der Waals surface area contributed by atoms with Gasteiger partial charge in [0.2, 0.25) is 0 Å². The predicted octanol–water partition coefficient (Wildman–Crippen LogP) is 0.655. The van der Waals surface area contributed by atoms with E-state index in [4.69, 9.17) is 0 Å². The SMILES string of the molecule is O=C(c1cccc(-n2cccc2)c1)N1CC(O)C(O)C1. The van der Waals surface area contributed by atoms with Gasteiger partial charge in [0, 0.05) is 36.7 Å². The Hall–Kier alpha value is -2.11. The molecule has 2 aromatic rings. The lowest BCUT2D eigenvalue weighted by molar-refractivity contribution is 0.0572. The highest BCUT2D eigenvalue weighted by molar-refractivity contribution is 5.95. The molecule has 2 unspecified atom stereocenters. The van der Waals surface area contributed by atoms with Crippen LogP contribution in [0.25, 0.3) is 5.69 Å². The van der Waals surface area contributed by atoms with Crippen molar-refractivity contribution in [2.75, 3.05) is 13.1 Å². The average Bonchev–Trinajstić information content (AvgIpc) is 3.09. The highest BCUT2D eigenvalue weighted by Gasteiger charge is 2.32. The zero-order chi connectivity index (χ0) is 14.1. The minimum absolute atomic E-state index is 0.172. The van der Waals surface area contributed by atoms with Gasteiger partial charge in [-0.15, -0.1) is 0 Å². The molecule has 2 N–H and O–H groups in total. The van der Waals surface area contributed by atoms with Gasteiger partial charge in [-0.2, -0.15) is 0 Å². The number of carbonyl (C=O) groups excluding carboxylic acids is 1. The molecule has 5 nitrogen and oxygen atoms in total. The number of benzene rings is 1. The lowest BCUT2D eigenvalue weighted by Crippen LogP contribution is -2.29. The third-order valence-corrected chi connectivity index (χ3v) is 3.54. The van der Waals surface area contributed by atoms with Crippen LogP contribution in [-0.2, 0) is 0 Å². The van der Waals surface area contributed by atoms with Gasteiger partial charge < -0.3 is 19.7 Å². The summed E-state index contributed by atoms with van der Waals surface area (Å²) in [6.45, 7) is 0.349. The molecule has 104 valence electrons. The van der Waals surface area contributed by atoms with Crippen LogP contribution in [0.4, 0.5) is 0 Å². The Balaban J connectivity index is 1.84. The van der Waals surface area contributed by atoms with Crippen LogP contribution in [0.2, 0.25) is 0 Å². The number of β-amino-alcohol motifs (C(OH)–C–C–N with tert-alkyl or cyclic N) is 2. The number of likely N-dealkylation sites (tertiary alicyclic amines) is 1. The molecule has 1 saturated heterocycles. The maximum Gasteiger partial charge on any atom is 0.254 e. The Morgan fingerprint density at radius 2 is 1.70 bits per heavy atom. The summed E-state index contributed by atoms with van der Waals surface area (Å²) < 4.78 is 1.92. The van der Waals surface area contributed by atoms with Crippen LogP contribution in [0.1, 0.15) is 10.4 Å². The van der Waals surface area contributed by atoms with Gasteiger partial charge in [0.15, 0.2) is 0 Å². The molecule has 1 amide bonds. The van der Waals surface area contributed by atoms with Gasteiger partial charge in [0.05, 0.1) is 12.2 Å². The van der Waals surface area contributed by atoms with Crippen molar-refractivity contribution in [2.45, 2.75) is 12.2 Å². The van der Waals surface area contributed by atoms with Crippen molar-refractivity contribution >= 4 is 5.91 Å². The Bertz CT molecular complexity index is 599. The molecule has 5 heteroatoms. The molecule has 1 aliphatic heterocycles. The second-order valence-electron chi connectivity index (χ2n) is 4.99. The normalized spacial score (nSPS) is 22.2. The number of hydrogen-bond acceptors (Lipinski definition) is 3. The second-order valence-corrected chi connectivity index (χ2v) is 4.99. The Kier molecular flexibility index (Phi) is 3.30. The van der Waals surface area contributed by atoms with Gasteiger partial charge in [-0.05, 0) is 30.3 Å². The smallest absolute Gasteiger partial charge is 0.254 e. The van der Waals surface area contributed by atoms with E-state index in [2.05, 4.69) is 0 Å². The molecule has 1 fully saturated rings. The molecule has 1 aliphatic rings. The van der Waals surface area contributed by atoms with E-state index in [1.54, 1.807) is 12.1 Å². The molecular weight excluding hydrogens is 256 g/mol. The standard InChI is InChI=1S/C15H16N2O3/c18-13-9-17(10-14(13)19)15(20)11-4-3-5-12(8-11)16-6-1-2-7-16/h1-8,13-14,18-19H,9-10H2. The van der Waals surface area contributed by atoms with Crippen molar-refractivity contribution in [3.05, 3.63) is 54.4 Å². The summed E-state index contributed by atoms with van der Waals surface area (Å²) in [6.07, 6.45) is 2.11. The van der Waals surface area contributed by atoms with E-state index in [-0.39, 0.29) is 19.0 Å². The van der Waals surface area contributed by atoms with E-state index in [9.17, 15) is 15.0 Å². The number of aliphatic hydroxyl groups excluding tert-OH is 2. The zero-order valence-corrected chi connectivity index (χ0v) is 10.9. The van der Waals surface area contributed by atoms with Gasteiger partial charge in [-0.3, -0.25) is 4.79 Å².